The lowest BCUT2D eigenvalue weighted by Crippen LogP contribution is -2.25. The van der Waals surface area contributed by atoms with Crippen molar-refractivity contribution in [2.75, 3.05) is 7.11 Å². The van der Waals surface area contributed by atoms with Crippen LogP contribution < -0.4 is 4.74 Å². The zero-order chi connectivity index (χ0) is 13.0. The molecular weight excluding hydrogens is 252 g/mol. The van der Waals surface area contributed by atoms with Gasteiger partial charge in [0.05, 0.1) is 24.3 Å². The van der Waals surface area contributed by atoms with E-state index in [1.165, 1.54) is 14.0 Å². The van der Waals surface area contributed by atoms with Gasteiger partial charge in [-0.25, -0.2) is 9.78 Å². The van der Waals surface area contributed by atoms with Crippen LogP contribution in [-0.4, -0.2) is 29.1 Å². The van der Waals surface area contributed by atoms with Gasteiger partial charge in [0, 0.05) is 0 Å². The lowest BCUT2D eigenvalue weighted by atomic mass is 10.3. The van der Waals surface area contributed by atoms with Crippen LogP contribution in [0.3, 0.4) is 0 Å². The molecule has 0 N–H and O–H groups in total. The summed E-state index contributed by atoms with van der Waals surface area (Å²) in [5, 5.41) is 10.7. The highest BCUT2D eigenvalue weighted by Crippen LogP contribution is 2.28. The summed E-state index contributed by atoms with van der Waals surface area (Å²) in [7, 11) is 1.19. The fraction of sp³-hybridized carbons (Fsp3) is 0.333. The van der Waals surface area contributed by atoms with Crippen molar-refractivity contribution in [3.8, 4) is 5.75 Å². The Morgan fingerprint density at radius 1 is 1.65 bits per heavy atom. The zero-order valence-corrected chi connectivity index (χ0v) is 9.80. The Kier molecular flexibility index (Phi) is 4.22. The first-order valence-corrected chi connectivity index (χ1v) is 4.88. The van der Waals surface area contributed by atoms with Crippen molar-refractivity contribution in [3.63, 3.8) is 0 Å². The molecule has 1 atom stereocenters. The van der Waals surface area contributed by atoms with Crippen molar-refractivity contribution < 1.29 is 19.2 Å². The molecule has 0 bridgehead atoms. The Bertz CT molecular complexity index is 451. The summed E-state index contributed by atoms with van der Waals surface area (Å²) < 4.78 is 9.51. The average Bonchev–Trinajstić information content (AvgIpc) is 2.29. The van der Waals surface area contributed by atoms with Crippen LogP contribution in [0.4, 0.5) is 5.69 Å². The number of pyridine rings is 1. The highest BCUT2D eigenvalue weighted by atomic mass is 35.5. The Balaban J connectivity index is 2.98. The lowest BCUT2D eigenvalue weighted by molar-refractivity contribution is -0.386. The van der Waals surface area contributed by atoms with E-state index in [0.29, 0.717) is 0 Å². The predicted octanol–water partition coefficient (Wildman–Crippen LogP) is 1.58. The van der Waals surface area contributed by atoms with Gasteiger partial charge in [0.2, 0.25) is 5.75 Å². The van der Waals surface area contributed by atoms with Gasteiger partial charge in [-0.2, -0.15) is 0 Å². The average molecular weight is 261 g/mol. The van der Waals surface area contributed by atoms with E-state index in [-0.39, 0.29) is 16.6 Å². The van der Waals surface area contributed by atoms with Crippen molar-refractivity contribution >= 4 is 23.3 Å². The van der Waals surface area contributed by atoms with Crippen molar-refractivity contribution in [2.24, 2.45) is 0 Å². The second-order valence-corrected chi connectivity index (χ2v) is 3.40. The van der Waals surface area contributed by atoms with Gasteiger partial charge in [0.25, 0.3) is 0 Å². The molecule has 0 aliphatic heterocycles. The number of rotatable bonds is 4. The Morgan fingerprint density at radius 3 is 2.82 bits per heavy atom. The van der Waals surface area contributed by atoms with E-state index < -0.39 is 17.0 Å². The number of aromatic nitrogens is 1. The summed E-state index contributed by atoms with van der Waals surface area (Å²) >= 11 is 5.52. The standard InChI is InChI=1S/C9H9ClN2O5/c1-5(9(13)16-2)17-7-4-11-8(10)3-6(7)12(14)15/h3-5H,1-2H3. The largest absolute Gasteiger partial charge is 0.471 e. The third-order valence-corrected chi connectivity index (χ3v) is 2.05. The molecule has 0 radical (unpaired) electrons. The van der Waals surface area contributed by atoms with E-state index in [0.717, 1.165) is 12.3 Å². The minimum atomic E-state index is -0.971. The van der Waals surface area contributed by atoms with Crippen LogP contribution in [0, 0.1) is 10.1 Å². The summed E-state index contributed by atoms with van der Waals surface area (Å²) in [5.74, 6) is -0.786. The monoisotopic (exact) mass is 260 g/mol. The first-order valence-electron chi connectivity index (χ1n) is 4.50. The number of methoxy groups -OCH3 is 1. The van der Waals surface area contributed by atoms with Crippen LogP contribution in [-0.2, 0) is 9.53 Å². The molecule has 0 aliphatic carbocycles. The van der Waals surface area contributed by atoms with Gasteiger partial charge >= 0.3 is 11.7 Å². The summed E-state index contributed by atoms with van der Waals surface area (Å²) in [5.41, 5.74) is -0.360. The SMILES string of the molecule is COC(=O)C(C)Oc1cnc(Cl)cc1[N+](=O)[O-]. The molecule has 1 rings (SSSR count). The summed E-state index contributed by atoms with van der Waals surface area (Å²) in [6.45, 7) is 1.41. The van der Waals surface area contributed by atoms with Gasteiger partial charge < -0.3 is 9.47 Å². The van der Waals surface area contributed by atoms with E-state index in [1.54, 1.807) is 0 Å². The molecule has 8 heteroatoms. The molecule has 1 unspecified atom stereocenters. The summed E-state index contributed by atoms with van der Waals surface area (Å²) in [6, 6.07) is 1.04. The molecule has 0 amide bonds. The number of ether oxygens (including phenoxy) is 2. The second-order valence-electron chi connectivity index (χ2n) is 3.02. The first-order chi connectivity index (χ1) is 7.95. The fourth-order valence-electron chi connectivity index (χ4n) is 1.05. The van der Waals surface area contributed by atoms with Crippen molar-refractivity contribution in [1.29, 1.82) is 0 Å². The molecule has 0 spiro atoms. The number of carbonyl (C=O) groups excluding carboxylic acids is 1. The van der Waals surface area contributed by atoms with Crippen molar-refractivity contribution in [2.45, 2.75) is 13.0 Å². The smallest absolute Gasteiger partial charge is 0.346 e. The topological polar surface area (TPSA) is 91.6 Å². The second kappa shape index (κ2) is 5.44. The number of esters is 1. The van der Waals surface area contributed by atoms with Crippen LogP contribution in [0.25, 0.3) is 0 Å². The summed E-state index contributed by atoms with van der Waals surface area (Å²) in [6.07, 6.45) is 0.113. The van der Waals surface area contributed by atoms with Crippen LogP contribution in [0.1, 0.15) is 6.92 Å². The van der Waals surface area contributed by atoms with Gasteiger partial charge in [0.15, 0.2) is 6.10 Å². The molecule has 0 aromatic carbocycles. The number of nitrogens with zero attached hydrogens (tertiary/aromatic N) is 2. The third-order valence-electron chi connectivity index (χ3n) is 1.85. The van der Waals surface area contributed by atoms with Gasteiger partial charge in [-0.15, -0.1) is 0 Å². The number of nitro groups is 1. The Labute approximate surface area is 101 Å². The first kappa shape index (κ1) is 13.2. The highest BCUT2D eigenvalue weighted by Gasteiger charge is 2.22. The van der Waals surface area contributed by atoms with Crippen LogP contribution in [0.5, 0.6) is 5.75 Å². The minimum absolute atomic E-state index is 0.0326. The maximum absolute atomic E-state index is 11.1. The van der Waals surface area contributed by atoms with Gasteiger partial charge in [0.1, 0.15) is 5.15 Å². The summed E-state index contributed by atoms with van der Waals surface area (Å²) in [4.78, 5) is 24.8. The molecule has 92 valence electrons. The van der Waals surface area contributed by atoms with Crippen molar-refractivity contribution in [1.82, 2.24) is 4.98 Å². The lowest BCUT2D eigenvalue weighted by Gasteiger charge is -2.11. The Hall–Kier alpha value is -1.89. The van der Waals surface area contributed by atoms with E-state index in [9.17, 15) is 14.9 Å². The van der Waals surface area contributed by atoms with Gasteiger partial charge in [-0.3, -0.25) is 10.1 Å². The van der Waals surface area contributed by atoms with Crippen LogP contribution >= 0.6 is 11.6 Å². The van der Waals surface area contributed by atoms with Gasteiger partial charge in [-0.1, -0.05) is 11.6 Å². The van der Waals surface area contributed by atoms with Crippen LogP contribution in [0.15, 0.2) is 12.3 Å². The molecule has 0 fully saturated rings. The predicted molar refractivity (Wildman–Crippen MR) is 58.0 cm³/mol. The van der Waals surface area contributed by atoms with E-state index in [2.05, 4.69) is 9.72 Å². The minimum Gasteiger partial charge on any atom is -0.471 e. The highest BCUT2D eigenvalue weighted by molar-refractivity contribution is 6.29. The third kappa shape index (κ3) is 3.28. The molecule has 7 nitrogen and oxygen atoms in total. The molecule has 0 saturated heterocycles. The zero-order valence-electron chi connectivity index (χ0n) is 9.05. The molecule has 17 heavy (non-hydrogen) atoms. The number of carbonyl (C=O) groups is 1. The maximum Gasteiger partial charge on any atom is 0.346 e. The number of hydrogen-bond acceptors (Lipinski definition) is 6. The quantitative estimate of drug-likeness (QED) is 0.353. The van der Waals surface area contributed by atoms with Crippen molar-refractivity contribution in [3.05, 3.63) is 27.5 Å². The fourth-order valence-corrected chi connectivity index (χ4v) is 1.20. The molecule has 1 heterocycles. The van der Waals surface area contributed by atoms with Crippen LogP contribution in [0.2, 0.25) is 5.15 Å². The maximum atomic E-state index is 11.1. The molecule has 1 aromatic heterocycles. The van der Waals surface area contributed by atoms with E-state index in [1.807, 2.05) is 0 Å². The molecular formula is C9H9ClN2O5. The van der Waals surface area contributed by atoms with Gasteiger partial charge in [-0.05, 0) is 6.92 Å². The molecule has 0 aliphatic rings. The van der Waals surface area contributed by atoms with E-state index >= 15 is 0 Å². The van der Waals surface area contributed by atoms with E-state index in [4.69, 9.17) is 16.3 Å². The Morgan fingerprint density at radius 2 is 2.29 bits per heavy atom. The molecule has 0 saturated carbocycles. The molecule has 1 aromatic rings. The number of hydrogen-bond donors (Lipinski definition) is 0. The number of halogens is 1. The normalized spacial score (nSPS) is 11.7.